The molecule has 0 atom stereocenters. The van der Waals surface area contributed by atoms with E-state index in [4.69, 9.17) is 4.74 Å². The molecule has 96 valence electrons. The van der Waals surface area contributed by atoms with Crippen LogP contribution < -0.4 is 0 Å². The summed E-state index contributed by atoms with van der Waals surface area (Å²) in [5.74, 6) is -0.806. The molecule has 0 aromatic carbocycles. The summed E-state index contributed by atoms with van der Waals surface area (Å²) in [6, 6.07) is 0. The average Bonchev–Trinajstić information content (AvgIpc) is 2.30. The molecule has 1 aliphatic heterocycles. The number of ether oxygens (including phenoxy) is 1. The van der Waals surface area contributed by atoms with Crippen molar-refractivity contribution >= 4 is 11.9 Å². The van der Waals surface area contributed by atoms with Crippen LogP contribution >= 0.6 is 0 Å². The zero-order chi connectivity index (χ0) is 12.3. The van der Waals surface area contributed by atoms with Crippen LogP contribution in [0.1, 0.15) is 64.2 Å². The van der Waals surface area contributed by atoms with E-state index < -0.39 is 5.97 Å². The second-order valence-corrected chi connectivity index (χ2v) is 4.54. The van der Waals surface area contributed by atoms with Gasteiger partial charge in [-0.3, -0.25) is 9.59 Å². The quantitative estimate of drug-likeness (QED) is 0.368. The highest BCUT2D eigenvalue weighted by molar-refractivity contribution is 5.86. The Balaban J connectivity index is 2.33. The first-order chi connectivity index (χ1) is 8.29. The van der Waals surface area contributed by atoms with Crippen molar-refractivity contribution in [3.8, 4) is 0 Å². The van der Waals surface area contributed by atoms with E-state index in [1.165, 1.54) is 32.1 Å². The summed E-state index contributed by atoms with van der Waals surface area (Å²) >= 11 is 0. The summed E-state index contributed by atoms with van der Waals surface area (Å²) in [7, 11) is 0. The Morgan fingerprint density at radius 2 is 1.41 bits per heavy atom. The number of hydrogen-bond donors (Lipinski definition) is 0. The minimum absolute atomic E-state index is 0.214. The van der Waals surface area contributed by atoms with E-state index in [-0.39, 0.29) is 12.4 Å². The van der Waals surface area contributed by atoms with Gasteiger partial charge in [-0.25, -0.2) is 0 Å². The molecular weight excluding hydrogens is 216 g/mol. The molecule has 1 heterocycles. The largest absolute Gasteiger partial charge is 0.393 e. The van der Waals surface area contributed by atoms with Crippen molar-refractivity contribution in [2.45, 2.75) is 64.2 Å². The van der Waals surface area contributed by atoms with E-state index in [1.807, 2.05) is 6.08 Å². The Morgan fingerprint density at radius 3 is 2.18 bits per heavy atom. The lowest BCUT2D eigenvalue weighted by molar-refractivity contribution is -0.159. The normalized spacial score (nSPS) is 23.3. The molecule has 3 heteroatoms. The number of cyclic esters (lactones) is 2. The molecule has 0 aliphatic carbocycles. The summed E-state index contributed by atoms with van der Waals surface area (Å²) in [6.07, 6.45) is 13.4. The van der Waals surface area contributed by atoms with Crippen molar-refractivity contribution in [2.75, 3.05) is 0 Å². The summed E-state index contributed by atoms with van der Waals surface area (Å²) in [6.45, 7) is 0. The summed E-state index contributed by atoms with van der Waals surface area (Å²) in [4.78, 5) is 22.5. The van der Waals surface area contributed by atoms with Crippen LogP contribution in [0.15, 0.2) is 12.2 Å². The molecule has 1 rings (SSSR count). The summed E-state index contributed by atoms with van der Waals surface area (Å²) < 4.78 is 4.70. The lowest BCUT2D eigenvalue weighted by atomic mass is 10.1. The molecule has 0 amide bonds. The smallest absolute Gasteiger partial charge is 0.317 e. The van der Waals surface area contributed by atoms with E-state index in [2.05, 4.69) is 0 Å². The van der Waals surface area contributed by atoms with Gasteiger partial charge in [-0.15, -0.1) is 0 Å². The number of hydrogen-bond acceptors (Lipinski definition) is 3. The minimum atomic E-state index is -0.430. The van der Waals surface area contributed by atoms with Gasteiger partial charge < -0.3 is 4.74 Å². The molecule has 0 radical (unpaired) electrons. The minimum Gasteiger partial charge on any atom is -0.393 e. The molecule has 3 nitrogen and oxygen atoms in total. The second kappa shape index (κ2) is 8.97. The predicted octanol–water partition coefficient (Wildman–Crippen LogP) is 3.53. The van der Waals surface area contributed by atoms with Crippen LogP contribution in [0, 0.1) is 0 Å². The molecule has 0 fully saturated rings. The van der Waals surface area contributed by atoms with Gasteiger partial charge in [0.15, 0.2) is 0 Å². The fraction of sp³-hybridized carbons (Fsp3) is 0.714. The average molecular weight is 238 g/mol. The maximum atomic E-state index is 11.3. The highest BCUT2D eigenvalue weighted by Gasteiger charge is 2.08. The Kier molecular flexibility index (Phi) is 7.35. The van der Waals surface area contributed by atoms with E-state index in [0.717, 1.165) is 19.3 Å². The molecule has 0 spiro atoms. The van der Waals surface area contributed by atoms with Crippen LogP contribution in [0.25, 0.3) is 0 Å². The van der Waals surface area contributed by atoms with Crippen LogP contribution in [-0.2, 0) is 14.3 Å². The van der Waals surface area contributed by atoms with Crippen molar-refractivity contribution in [3.63, 3.8) is 0 Å². The van der Waals surface area contributed by atoms with Crippen LogP contribution in [0.4, 0.5) is 0 Å². The lowest BCUT2D eigenvalue weighted by Gasteiger charge is -2.01. The molecule has 0 saturated carbocycles. The third-order valence-corrected chi connectivity index (χ3v) is 2.93. The molecule has 0 bridgehead atoms. The molecule has 0 N–H and O–H groups in total. The van der Waals surface area contributed by atoms with Gasteiger partial charge in [-0.05, 0) is 19.3 Å². The predicted molar refractivity (Wildman–Crippen MR) is 66.4 cm³/mol. The molecule has 0 unspecified atom stereocenters. The second-order valence-electron chi connectivity index (χ2n) is 4.54. The Morgan fingerprint density at radius 1 is 0.765 bits per heavy atom. The highest BCUT2D eigenvalue weighted by atomic mass is 16.6. The third kappa shape index (κ3) is 7.72. The van der Waals surface area contributed by atoms with E-state index in [9.17, 15) is 9.59 Å². The van der Waals surface area contributed by atoms with Crippen molar-refractivity contribution in [1.29, 1.82) is 0 Å². The van der Waals surface area contributed by atoms with Gasteiger partial charge in [0, 0.05) is 6.42 Å². The first-order valence-corrected chi connectivity index (χ1v) is 6.67. The zero-order valence-electron chi connectivity index (χ0n) is 10.5. The van der Waals surface area contributed by atoms with Crippen LogP contribution in [0.2, 0.25) is 0 Å². The third-order valence-electron chi connectivity index (χ3n) is 2.93. The maximum absolute atomic E-state index is 11.3. The van der Waals surface area contributed by atoms with Gasteiger partial charge in [0.2, 0.25) is 0 Å². The van der Waals surface area contributed by atoms with E-state index in [0.29, 0.717) is 6.42 Å². The lowest BCUT2D eigenvalue weighted by Crippen LogP contribution is -2.11. The van der Waals surface area contributed by atoms with Gasteiger partial charge >= 0.3 is 11.9 Å². The van der Waals surface area contributed by atoms with Crippen molar-refractivity contribution in [2.24, 2.45) is 0 Å². The monoisotopic (exact) mass is 238 g/mol. The van der Waals surface area contributed by atoms with Crippen LogP contribution in [0.3, 0.4) is 0 Å². The molecule has 0 aromatic rings. The van der Waals surface area contributed by atoms with Crippen LogP contribution in [0.5, 0.6) is 0 Å². The summed E-state index contributed by atoms with van der Waals surface area (Å²) in [5, 5.41) is 0. The SMILES string of the molecule is O=C1C/C=C/CCCCCCCCCC(=O)O1. The van der Waals surface area contributed by atoms with Gasteiger partial charge in [0.1, 0.15) is 0 Å². The van der Waals surface area contributed by atoms with Gasteiger partial charge in [0.25, 0.3) is 0 Å². The first-order valence-electron chi connectivity index (χ1n) is 6.67. The van der Waals surface area contributed by atoms with Crippen LogP contribution in [-0.4, -0.2) is 11.9 Å². The molecule has 1 aliphatic rings. The number of carbonyl (C=O) groups is 2. The first kappa shape index (κ1) is 13.9. The zero-order valence-corrected chi connectivity index (χ0v) is 10.5. The van der Waals surface area contributed by atoms with Crippen molar-refractivity contribution in [3.05, 3.63) is 12.2 Å². The number of rotatable bonds is 0. The van der Waals surface area contributed by atoms with Crippen molar-refractivity contribution < 1.29 is 14.3 Å². The Labute approximate surface area is 103 Å². The maximum Gasteiger partial charge on any atom is 0.317 e. The van der Waals surface area contributed by atoms with E-state index >= 15 is 0 Å². The van der Waals surface area contributed by atoms with Crippen molar-refractivity contribution in [1.82, 2.24) is 0 Å². The highest BCUT2D eigenvalue weighted by Crippen LogP contribution is 2.11. The van der Waals surface area contributed by atoms with Gasteiger partial charge in [0.05, 0.1) is 6.42 Å². The Hall–Kier alpha value is -1.12. The standard InChI is InChI=1S/C14H22O3/c15-13-11-9-7-5-3-1-2-4-6-8-10-12-14(16)17-13/h7,9H,1-6,8,10-12H2/b9-7+. The Bertz CT molecular complexity index is 269. The van der Waals surface area contributed by atoms with Gasteiger partial charge in [-0.1, -0.05) is 44.3 Å². The molecular formula is C14H22O3. The van der Waals surface area contributed by atoms with E-state index in [1.54, 1.807) is 6.08 Å². The topological polar surface area (TPSA) is 43.4 Å². The number of carbonyl (C=O) groups excluding carboxylic acids is 2. The number of esters is 2. The number of allylic oxidation sites excluding steroid dienone is 1. The fourth-order valence-corrected chi connectivity index (χ4v) is 1.93. The fourth-order valence-electron chi connectivity index (χ4n) is 1.93. The summed E-state index contributed by atoms with van der Waals surface area (Å²) in [5.41, 5.74) is 0. The molecule has 0 aromatic heterocycles. The molecule has 0 saturated heterocycles. The molecule has 17 heavy (non-hydrogen) atoms. The van der Waals surface area contributed by atoms with Gasteiger partial charge in [-0.2, -0.15) is 0 Å².